The molecule has 5 heteroatoms. The summed E-state index contributed by atoms with van der Waals surface area (Å²) < 4.78 is 31.8. The molecule has 0 aliphatic carbocycles. The van der Waals surface area contributed by atoms with Crippen molar-refractivity contribution in [3.63, 3.8) is 0 Å². The number of carboxylic acids is 1. The number of carboxylic acid groups (broad SMARTS) is 1. The molecule has 0 spiro atoms. The second-order valence-electron chi connectivity index (χ2n) is 3.62. The summed E-state index contributed by atoms with van der Waals surface area (Å²) in [6, 6.07) is 0.751. The molecule has 0 radical (unpaired) electrons. The molecule has 0 unspecified atom stereocenters. The number of hydrogen-bond acceptors (Lipinski definition) is 2. The average molecular weight is 228 g/mol. The fraction of sp³-hybridized carbons (Fsp3) is 0.364. The van der Waals surface area contributed by atoms with Gasteiger partial charge in [-0.3, -0.25) is 4.79 Å². The number of ether oxygens (including phenoxy) is 1. The summed E-state index contributed by atoms with van der Waals surface area (Å²) in [6.45, 7) is 0.315. The molecular weight excluding hydrogens is 218 g/mol. The molecule has 1 aromatic rings. The summed E-state index contributed by atoms with van der Waals surface area (Å²) in [4.78, 5) is 10.4. The van der Waals surface area contributed by atoms with Crippen LogP contribution in [0.3, 0.4) is 0 Å². The molecule has 1 aliphatic heterocycles. The molecule has 0 bridgehead atoms. The molecular formula is C11H10F2O3. The Labute approximate surface area is 90.7 Å². The van der Waals surface area contributed by atoms with E-state index in [9.17, 15) is 13.6 Å². The summed E-state index contributed by atoms with van der Waals surface area (Å²) in [5.74, 6) is -2.34. The third-order valence-electron chi connectivity index (χ3n) is 2.58. The van der Waals surface area contributed by atoms with Gasteiger partial charge in [0, 0.05) is 24.5 Å². The molecule has 1 N–H and O–H groups in total. The van der Waals surface area contributed by atoms with Crippen LogP contribution in [0.25, 0.3) is 0 Å². The van der Waals surface area contributed by atoms with Crippen LogP contribution in [0.15, 0.2) is 6.07 Å². The van der Waals surface area contributed by atoms with Crippen LogP contribution in [0, 0.1) is 11.6 Å². The van der Waals surface area contributed by atoms with E-state index in [-0.39, 0.29) is 24.2 Å². The molecule has 0 fully saturated rings. The van der Waals surface area contributed by atoms with Crippen molar-refractivity contribution in [1.29, 1.82) is 0 Å². The van der Waals surface area contributed by atoms with E-state index in [0.717, 1.165) is 6.07 Å². The number of aliphatic carboxylic acids is 1. The lowest BCUT2D eigenvalue weighted by Gasteiger charge is -2.08. The lowest BCUT2D eigenvalue weighted by molar-refractivity contribution is -0.136. The van der Waals surface area contributed by atoms with Gasteiger partial charge in [-0.2, -0.15) is 0 Å². The number of rotatable bonds is 3. The first kappa shape index (κ1) is 10.9. The summed E-state index contributed by atoms with van der Waals surface area (Å²) in [6.07, 6.45) is 0.321. The highest BCUT2D eigenvalue weighted by Gasteiger charge is 2.24. The summed E-state index contributed by atoms with van der Waals surface area (Å²) in [5, 5.41) is 8.54. The van der Waals surface area contributed by atoms with Crippen LogP contribution in [-0.2, 0) is 17.6 Å². The van der Waals surface area contributed by atoms with Gasteiger partial charge >= 0.3 is 5.97 Å². The van der Waals surface area contributed by atoms with E-state index in [4.69, 9.17) is 9.84 Å². The van der Waals surface area contributed by atoms with Crippen molar-refractivity contribution in [3.8, 4) is 5.75 Å². The molecule has 0 atom stereocenters. The zero-order chi connectivity index (χ0) is 11.7. The monoisotopic (exact) mass is 228 g/mol. The van der Waals surface area contributed by atoms with Gasteiger partial charge in [0.2, 0.25) is 0 Å². The quantitative estimate of drug-likeness (QED) is 0.859. The van der Waals surface area contributed by atoms with Crippen molar-refractivity contribution < 1.29 is 23.4 Å². The van der Waals surface area contributed by atoms with Crippen molar-refractivity contribution >= 4 is 5.97 Å². The summed E-state index contributed by atoms with van der Waals surface area (Å²) >= 11 is 0. The van der Waals surface area contributed by atoms with E-state index >= 15 is 0 Å². The minimum Gasteiger partial charge on any atom is -0.490 e. The maximum Gasteiger partial charge on any atom is 0.303 e. The predicted molar refractivity (Wildman–Crippen MR) is 51.5 cm³/mol. The third kappa shape index (κ3) is 1.85. The van der Waals surface area contributed by atoms with E-state index in [1.807, 2.05) is 0 Å². The first-order valence-corrected chi connectivity index (χ1v) is 4.94. The third-order valence-corrected chi connectivity index (χ3v) is 2.58. The summed E-state index contributed by atoms with van der Waals surface area (Å²) in [5.41, 5.74) is 0.732. The van der Waals surface area contributed by atoms with Gasteiger partial charge in [-0.05, 0) is 12.0 Å². The Morgan fingerprint density at radius 1 is 1.44 bits per heavy atom. The van der Waals surface area contributed by atoms with Gasteiger partial charge in [-0.1, -0.05) is 0 Å². The molecule has 0 saturated heterocycles. The van der Waals surface area contributed by atoms with Crippen LogP contribution in [0.5, 0.6) is 5.75 Å². The standard InChI is InChI=1S/C11H10F2O3/c12-8-5-9(13)11-7(3-4-16-11)6(8)1-2-10(14)15/h5H,1-4H2,(H,14,15). The Hall–Kier alpha value is -1.65. The van der Waals surface area contributed by atoms with Crippen LogP contribution >= 0.6 is 0 Å². The highest BCUT2D eigenvalue weighted by molar-refractivity contribution is 5.67. The van der Waals surface area contributed by atoms with Crippen LogP contribution < -0.4 is 4.74 Å². The van der Waals surface area contributed by atoms with Crippen molar-refractivity contribution in [2.45, 2.75) is 19.3 Å². The number of fused-ring (bicyclic) bond motifs is 1. The van der Waals surface area contributed by atoms with Gasteiger partial charge in [-0.15, -0.1) is 0 Å². The average Bonchev–Trinajstić information content (AvgIpc) is 2.65. The lowest BCUT2D eigenvalue weighted by Crippen LogP contribution is -2.03. The maximum atomic E-state index is 13.5. The minimum atomic E-state index is -1.00. The lowest BCUT2D eigenvalue weighted by atomic mass is 10.00. The van der Waals surface area contributed by atoms with Crippen LogP contribution in [0.2, 0.25) is 0 Å². The highest BCUT2D eigenvalue weighted by Crippen LogP contribution is 2.33. The van der Waals surface area contributed by atoms with Crippen LogP contribution in [0.1, 0.15) is 17.5 Å². The second kappa shape index (κ2) is 4.08. The van der Waals surface area contributed by atoms with Gasteiger partial charge in [-0.25, -0.2) is 8.78 Å². The Kier molecular flexibility index (Phi) is 2.77. The van der Waals surface area contributed by atoms with E-state index < -0.39 is 17.6 Å². The van der Waals surface area contributed by atoms with Crippen LogP contribution in [0.4, 0.5) is 8.78 Å². The smallest absolute Gasteiger partial charge is 0.303 e. The van der Waals surface area contributed by atoms with Gasteiger partial charge in [0.1, 0.15) is 5.82 Å². The normalized spacial score (nSPS) is 13.4. The Morgan fingerprint density at radius 2 is 2.19 bits per heavy atom. The molecule has 1 aliphatic rings. The van der Waals surface area contributed by atoms with Gasteiger partial charge in [0.05, 0.1) is 6.61 Å². The van der Waals surface area contributed by atoms with E-state index in [0.29, 0.717) is 18.6 Å². The van der Waals surface area contributed by atoms with Crippen LogP contribution in [-0.4, -0.2) is 17.7 Å². The van der Waals surface area contributed by atoms with Crippen molar-refractivity contribution in [3.05, 3.63) is 28.8 Å². The molecule has 1 heterocycles. The maximum absolute atomic E-state index is 13.5. The fourth-order valence-corrected chi connectivity index (χ4v) is 1.87. The zero-order valence-electron chi connectivity index (χ0n) is 8.43. The first-order valence-electron chi connectivity index (χ1n) is 4.94. The number of benzene rings is 1. The predicted octanol–water partition coefficient (Wildman–Crippen LogP) is 1.92. The Morgan fingerprint density at radius 3 is 2.88 bits per heavy atom. The van der Waals surface area contributed by atoms with E-state index in [1.165, 1.54) is 0 Å². The molecule has 86 valence electrons. The van der Waals surface area contributed by atoms with E-state index in [1.54, 1.807) is 0 Å². The summed E-state index contributed by atoms with van der Waals surface area (Å²) in [7, 11) is 0. The largest absolute Gasteiger partial charge is 0.490 e. The number of hydrogen-bond donors (Lipinski definition) is 1. The van der Waals surface area contributed by atoms with Gasteiger partial charge in [0.15, 0.2) is 11.6 Å². The molecule has 0 amide bonds. The first-order chi connectivity index (χ1) is 7.59. The fourth-order valence-electron chi connectivity index (χ4n) is 1.87. The highest BCUT2D eigenvalue weighted by atomic mass is 19.1. The number of carbonyl (C=O) groups is 1. The minimum absolute atomic E-state index is 0.0626. The molecule has 1 aromatic carbocycles. The van der Waals surface area contributed by atoms with E-state index in [2.05, 4.69) is 0 Å². The zero-order valence-corrected chi connectivity index (χ0v) is 8.43. The van der Waals surface area contributed by atoms with Crippen molar-refractivity contribution in [1.82, 2.24) is 0 Å². The van der Waals surface area contributed by atoms with Crippen molar-refractivity contribution in [2.24, 2.45) is 0 Å². The molecule has 3 nitrogen and oxygen atoms in total. The molecule has 0 saturated carbocycles. The second-order valence-corrected chi connectivity index (χ2v) is 3.62. The molecule has 0 aromatic heterocycles. The van der Waals surface area contributed by atoms with Crippen molar-refractivity contribution in [2.75, 3.05) is 6.61 Å². The van der Waals surface area contributed by atoms with Gasteiger partial charge in [0.25, 0.3) is 0 Å². The number of halogens is 2. The Bertz CT molecular complexity index is 443. The Balaban J connectivity index is 2.37. The molecule has 2 rings (SSSR count). The van der Waals surface area contributed by atoms with Gasteiger partial charge < -0.3 is 9.84 Å². The SMILES string of the molecule is O=C(O)CCc1c(F)cc(F)c2c1CCO2. The topological polar surface area (TPSA) is 46.5 Å². The molecule has 16 heavy (non-hydrogen) atoms.